The molecule has 32 heavy (non-hydrogen) atoms. The number of phenols is 1. The fraction of sp³-hybridized carbons (Fsp3) is 0.304. The number of carbonyl (C=O) groups excluding carboxylic acids is 1. The van der Waals surface area contributed by atoms with Gasteiger partial charge in [-0.2, -0.15) is 0 Å². The number of aliphatic carboxylic acids is 1. The molecule has 3 aromatic rings. The summed E-state index contributed by atoms with van der Waals surface area (Å²) in [7, 11) is 0. The minimum atomic E-state index is -1.40. The van der Waals surface area contributed by atoms with Crippen LogP contribution in [0.25, 0.3) is 10.9 Å². The molecule has 170 valence electrons. The van der Waals surface area contributed by atoms with Gasteiger partial charge < -0.3 is 10.2 Å². The van der Waals surface area contributed by atoms with Crippen molar-refractivity contribution in [2.45, 2.75) is 39.5 Å². The molecule has 2 aromatic carbocycles. The number of aromatic hydroxyl groups is 1. The van der Waals surface area contributed by atoms with E-state index in [1.165, 1.54) is 6.92 Å². The number of aromatic nitrogens is 1. The number of hydrogen-bond donors (Lipinski definition) is 2. The average molecular weight is 451 g/mol. The summed E-state index contributed by atoms with van der Waals surface area (Å²) in [6, 6.07) is 3.10. The molecule has 1 aromatic heterocycles. The van der Waals surface area contributed by atoms with Crippen molar-refractivity contribution in [2.75, 3.05) is 0 Å². The highest BCUT2D eigenvalue weighted by Crippen LogP contribution is 2.40. The first kappa shape index (κ1) is 23.3. The molecule has 0 saturated heterocycles. The lowest BCUT2D eigenvalue weighted by molar-refractivity contribution is -0.139. The predicted molar refractivity (Wildman–Crippen MR) is 109 cm³/mol. The number of nitrogens with zero attached hydrogens (tertiary/aromatic N) is 1. The van der Waals surface area contributed by atoms with Gasteiger partial charge in [0.05, 0.1) is 11.4 Å². The zero-order valence-electron chi connectivity index (χ0n) is 17.5. The van der Waals surface area contributed by atoms with Crippen LogP contribution >= 0.6 is 0 Å². The number of carboxylic acid groups (broad SMARTS) is 1. The average Bonchev–Trinajstić information content (AvgIpc) is 3.02. The van der Waals surface area contributed by atoms with Gasteiger partial charge in [0.2, 0.25) is 0 Å². The Hall–Kier alpha value is -3.36. The van der Waals surface area contributed by atoms with Gasteiger partial charge in [0.25, 0.3) is 5.91 Å². The van der Waals surface area contributed by atoms with Crippen molar-refractivity contribution in [2.24, 2.45) is 5.92 Å². The van der Waals surface area contributed by atoms with Crippen molar-refractivity contribution in [3.8, 4) is 5.75 Å². The van der Waals surface area contributed by atoms with Gasteiger partial charge in [0.1, 0.15) is 0 Å². The molecule has 2 atom stereocenters. The fourth-order valence-electron chi connectivity index (χ4n) is 3.87. The van der Waals surface area contributed by atoms with E-state index in [-0.39, 0.29) is 34.7 Å². The van der Waals surface area contributed by atoms with Crippen molar-refractivity contribution in [1.82, 2.24) is 4.57 Å². The van der Waals surface area contributed by atoms with E-state index in [0.717, 1.165) is 16.7 Å². The van der Waals surface area contributed by atoms with E-state index in [4.69, 9.17) is 0 Å². The van der Waals surface area contributed by atoms with Crippen LogP contribution in [0.15, 0.2) is 24.3 Å². The fourth-order valence-corrected chi connectivity index (χ4v) is 3.87. The Morgan fingerprint density at radius 3 is 2.28 bits per heavy atom. The number of halogens is 4. The highest BCUT2D eigenvalue weighted by atomic mass is 19.2. The zero-order chi connectivity index (χ0) is 23.9. The van der Waals surface area contributed by atoms with Gasteiger partial charge in [-0.15, -0.1) is 0 Å². The standard InChI is InChI=1S/C23H21F4NO4/c1-4-10(2)7-13(23(31)32)18-11(3)28(17-9-16(26)21(29)20(27)19(17)18)22(30)12-5-6-14(24)15(25)8-12/h5-6,8-10,13,29H,4,7H2,1-3H3,(H,31,32). The van der Waals surface area contributed by atoms with Crippen LogP contribution in [0.5, 0.6) is 5.75 Å². The van der Waals surface area contributed by atoms with Crippen LogP contribution in [0.1, 0.15) is 54.2 Å². The van der Waals surface area contributed by atoms with E-state index < -0.39 is 52.2 Å². The predicted octanol–water partition coefficient (Wildman–Crippen LogP) is 5.50. The summed E-state index contributed by atoms with van der Waals surface area (Å²) in [5, 5.41) is 19.3. The Morgan fingerprint density at radius 2 is 1.72 bits per heavy atom. The molecule has 0 saturated carbocycles. The third-order valence-electron chi connectivity index (χ3n) is 5.76. The molecule has 2 unspecified atom stereocenters. The number of carbonyl (C=O) groups is 2. The lowest BCUT2D eigenvalue weighted by atomic mass is 9.86. The van der Waals surface area contributed by atoms with E-state index in [0.29, 0.717) is 18.6 Å². The van der Waals surface area contributed by atoms with Gasteiger partial charge in [-0.25, -0.2) is 17.6 Å². The molecule has 0 spiro atoms. The molecule has 0 aliphatic heterocycles. The van der Waals surface area contributed by atoms with Crippen LogP contribution in [0.2, 0.25) is 0 Å². The monoisotopic (exact) mass is 451 g/mol. The molecular weight excluding hydrogens is 430 g/mol. The Labute approximate surface area is 180 Å². The number of fused-ring (bicyclic) bond motifs is 1. The molecule has 0 amide bonds. The normalized spacial score (nSPS) is 13.3. The Kier molecular flexibility index (Phi) is 6.29. The second-order valence-electron chi connectivity index (χ2n) is 7.82. The van der Waals surface area contributed by atoms with E-state index in [1.807, 2.05) is 13.8 Å². The van der Waals surface area contributed by atoms with Crippen molar-refractivity contribution >= 4 is 22.8 Å². The van der Waals surface area contributed by atoms with Crippen molar-refractivity contribution < 1.29 is 37.4 Å². The molecular formula is C23H21F4NO4. The van der Waals surface area contributed by atoms with Gasteiger partial charge in [-0.1, -0.05) is 20.3 Å². The van der Waals surface area contributed by atoms with Gasteiger partial charge in [0, 0.05) is 22.7 Å². The Bertz CT molecular complexity index is 1230. The summed E-state index contributed by atoms with van der Waals surface area (Å²) in [5.74, 6) is -10.1. The molecule has 0 radical (unpaired) electrons. The highest BCUT2D eigenvalue weighted by Gasteiger charge is 2.33. The van der Waals surface area contributed by atoms with Crippen LogP contribution in [0.4, 0.5) is 17.6 Å². The van der Waals surface area contributed by atoms with Crippen molar-refractivity contribution in [1.29, 1.82) is 0 Å². The van der Waals surface area contributed by atoms with E-state index in [1.54, 1.807) is 0 Å². The smallest absolute Gasteiger partial charge is 0.311 e. The van der Waals surface area contributed by atoms with Crippen LogP contribution < -0.4 is 0 Å². The molecule has 0 aliphatic rings. The van der Waals surface area contributed by atoms with Gasteiger partial charge in [-0.05, 0) is 43.0 Å². The summed E-state index contributed by atoms with van der Waals surface area (Å²) >= 11 is 0. The van der Waals surface area contributed by atoms with Crippen LogP contribution in [-0.2, 0) is 4.79 Å². The quantitative estimate of drug-likeness (QED) is 0.485. The molecule has 0 bridgehead atoms. The maximum Gasteiger partial charge on any atom is 0.311 e. The summed E-state index contributed by atoms with van der Waals surface area (Å²) in [6.45, 7) is 5.02. The van der Waals surface area contributed by atoms with Gasteiger partial charge in [0.15, 0.2) is 29.0 Å². The molecule has 3 rings (SSSR count). The second-order valence-corrected chi connectivity index (χ2v) is 7.82. The first-order valence-corrected chi connectivity index (χ1v) is 9.93. The lowest BCUT2D eigenvalue weighted by Gasteiger charge is -2.18. The van der Waals surface area contributed by atoms with Gasteiger partial charge in [-0.3, -0.25) is 14.2 Å². The second kappa shape index (κ2) is 8.64. The van der Waals surface area contributed by atoms with E-state index in [9.17, 15) is 33.0 Å². The number of carboxylic acids is 1. The third kappa shape index (κ3) is 3.83. The van der Waals surface area contributed by atoms with E-state index in [2.05, 4.69) is 0 Å². The van der Waals surface area contributed by atoms with Crippen LogP contribution in [0, 0.1) is 36.1 Å². The minimum absolute atomic E-state index is 0.00524. The SMILES string of the molecule is CCC(C)CC(C(=O)O)c1c(C)n(C(=O)c2ccc(F)c(F)c2)c2cc(F)c(O)c(F)c12. The minimum Gasteiger partial charge on any atom is -0.503 e. The van der Waals surface area contributed by atoms with Crippen LogP contribution in [-0.4, -0.2) is 26.7 Å². The molecule has 5 nitrogen and oxygen atoms in total. The van der Waals surface area contributed by atoms with Crippen molar-refractivity contribution in [3.63, 3.8) is 0 Å². The first-order chi connectivity index (χ1) is 15.0. The number of hydrogen-bond acceptors (Lipinski definition) is 3. The third-order valence-corrected chi connectivity index (χ3v) is 5.76. The molecule has 2 N–H and O–H groups in total. The van der Waals surface area contributed by atoms with Crippen LogP contribution in [0.3, 0.4) is 0 Å². The summed E-state index contributed by atoms with van der Waals surface area (Å²) in [5.41, 5.74) is -0.723. The lowest BCUT2D eigenvalue weighted by Crippen LogP contribution is -2.18. The Balaban J connectivity index is 2.37. The maximum atomic E-state index is 15.0. The summed E-state index contributed by atoms with van der Waals surface area (Å²) in [6.07, 6.45) is 0.736. The van der Waals surface area contributed by atoms with E-state index >= 15 is 4.39 Å². The Morgan fingerprint density at radius 1 is 1.06 bits per heavy atom. The number of rotatable bonds is 6. The highest BCUT2D eigenvalue weighted by molar-refractivity contribution is 6.05. The van der Waals surface area contributed by atoms with Crippen molar-refractivity contribution in [3.05, 3.63) is 64.4 Å². The zero-order valence-corrected chi connectivity index (χ0v) is 17.5. The summed E-state index contributed by atoms with van der Waals surface area (Å²) in [4.78, 5) is 25.3. The largest absolute Gasteiger partial charge is 0.503 e. The topological polar surface area (TPSA) is 79.5 Å². The summed E-state index contributed by atoms with van der Waals surface area (Å²) < 4.78 is 57.1. The number of phenolic OH excluding ortho intramolecular Hbond substituents is 1. The number of benzene rings is 2. The maximum absolute atomic E-state index is 15.0. The molecule has 0 aliphatic carbocycles. The van der Waals surface area contributed by atoms with Gasteiger partial charge >= 0.3 is 5.97 Å². The molecule has 0 fully saturated rings. The molecule has 9 heteroatoms. The first-order valence-electron chi connectivity index (χ1n) is 9.93. The molecule has 1 heterocycles.